The summed E-state index contributed by atoms with van der Waals surface area (Å²) >= 11 is 0. The zero-order valence-electron chi connectivity index (χ0n) is 14.4. The smallest absolute Gasteiger partial charge is 0.137 e. The van der Waals surface area contributed by atoms with E-state index in [1.54, 1.807) is 0 Å². The number of carbonyl (C=O) groups excluding carboxylic acids is 1. The highest BCUT2D eigenvalue weighted by Gasteiger charge is 2.48. The van der Waals surface area contributed by atoms with E-state index in [1.165, 1.54) is 24.0 Å². The molecule has 5 unspecified atom stereocenters. The molecule has 0 radical (unpaired) electrons. The van der Waals surface area contributed by atoms with Crippen LogP contribution in [0.3, 0.4) is 0 Å². The van der Waals surface area contributed by atoms with E-state index in [0.29, 0.717) is 30.1 Å². The van der Waals surface area contributed by atoms with Gasteiger partial charge in [0.2, 0.25) is 0 Å². The molecular weight excluding hydrogens is 270 g/mol. The van der Waals surface area contributed by atoms with Crippen LogP contribution in [0.25, 0.3) is 0 Å². The Balaban J connectivity index is 2.06. The number of nitrogens with zero attached hydrogens (tertiary/aromatic N) is 1. The standard InChI is InChI=1S/C20H29NO/c1-5-18(22)20-17-11-10-16(12-21(17)4)14(3)19(20)15-8-6-13(2)7-9-15/h6-9,14,16-17,19-20H,5,10-12H2,1-4H3. The van der Waals surface area contributed by atoms with Crippen LogP contribution >= 0.6 is 0 Å². The van der Waals surface area contributed by atoms with Gasteiger partial charge in [-0.25, -0.2) is 0 Å². The Bertz CT molecular complexity index is 535. The van der Waals surface area contributed by atoms with E-state index in [-0.39, 0.29) is 5.92 Å². The number of hydrogen-bond acceptors (Lipinski definition) is 2. The van der Waals surface area contributed by atoms with Crippen molar-refractivity contribution in [2.24, 2.45) is 17.8 Å². The molecule has 1 aliphatic carbocycles. The summed E-state index contributed by atoms with van der Waals surface area (Å²) in [6.07, 6.45) is 3.13. The number of piperidine rings is 1. The molecule has 2 heterocycles. The van der Waals surface area contributed by atoms with Crippen molar-refractivity contribution >= 4 is 5.78 Å². The second-order valence-electron chi connectivity index (χ2n) is 7.49. The highest BCUT2D eigenvalue weighted by atomic mass is 16.1. The zero-order valence-corrected chi connectivity index (χ0v) is 14.4. The number of ketones is 1. The SMILES string of the molecule is CCC(=O)C1C(c2ccc(C)cc2)C(C)C2CCC1N(C)C2. The first-order valence-electron chi connectivity index (χ1n) is 8.82. The zero-order chi connectivity index (χ0) is 15.9. The molecule has 120 valence electrons. The van der Waals surface area contributed by atoms with Crippen molar-refractivity contribution in [2.75, 3.05) is 13.6 Å². The van der Waals surface area contributed by atoms with Gasteiger partial charge in [-0.15, -0.1) is 0 Å². The van der Waals surface area contributed by atoms with Crippen LogP contribution in [0, 0.1) is 24.7 Å². The van der Waals surface area contributed by atoms with Crippen molar-refractivity contribution in [1.29, 1.82) is 0 Å². The summed E-state index contributed by atoms with van der Waals surface area (Å²) in [4.78, 5) is 15.3. The molecule has 0 N–H and O–H groups in total. The minimum atomic E-state index is 0.167. The van der Waals surface area contributed by atoms with Gasteiger partial charge in [-0.2, -0.15) is 0 Å². The number of carbonyl (C=O) groups is 1. The van der Waals surface area contributed by atoms with Crippen LogP contribution in [0.4, 0.5) is 0 Å². The first-order valence-corrected chi connectivity index (χ1v) is 8.82. The van der Waals surface area contributed by atoms with Gasteiger partial charge in [0, 0.05) is 24.9 Å². The summed E-state index contributed by atoms with van der Waals surface area (Å²) < 4.78 is 0. The summed E-state index contributed by atoms with van der Waals surface area (Å²) in [6, 6.07) is 9.35. The van der Waals surface area contributed by atoms with E-state index in [0.717, 1.165) is 12.5 Å². The Hall–Kier alpha value is -1.15. The first-order chi connectivity index (χ1) is 10.5. The van der Waals surface area contributed by atoms with Crippen molar-refractivity contribution < 1.29 is 4.79 Å². The molecule has 1 saturated carbocycles. The Kier molecular flexibility index (Phi) is 4.40. The summed E-state index contributed by atoms with van der Waals surface area (Å²) in [5, 5.41) is 0. The molecule has 2 nitrogen and oxygen atoms in total. The molecule has 0 spiro atoms. The molecule has 2 bridgehead atoms. The average molecular weight is 299 g/mol. The highest BCUT2D eigenvalue weighted by Crippen LogP contribution is 2.48. The second kappa shape index (κ2) is 6.16. The summed E-state index contributed by atoms with van der Waals surface area (Å²) in [6.45, 7) is 7.69. The van der Waals surface area contributed by atoms with Crippen molar-refractivity contribution in [1.82, 2.24) is 4.90 Å². The van der Waals surface area contributed by atoms with Gasteiger partial charge >= 0.3 is 0 Å². The van der Waals surface area contributed by atoms with Gasteiger partial charge in [0.25, 0.3) is 0 Å². The van der Waals surface area contributed by atoms with Gasteiger partial charge in [-0.05, 0) is 50.1 Å². The van der Waals surface area contributed by atoms with E-state index in [1.807, 2.05) is 6.92 Å². The van der Waals surface area contributed by atoms with Crippen molar-refractivity contribution in [2.45, 2.75) is 52.0 Å². The minimum absolute atomic E-state index is 0.167. The van der Waals surface area contributed by atoms with Crippen LogP contribution in [0.15, 0.2) is 24.3 Å². The van der Waals surface area contributed by atoms with Gasteiger partial charge in [0.15, 0.2) is 0 Å². The van der Waals surface area contributed by atoms with Crippen LogP contribution in [-0.4, -0.2) is 30.3 Å². The molecule has 3 aliphatic rings. The number of benzene rings is 1. The fourth-order valence-corrected chi connectivity index (χ4v) is 4.89. The topological polar surface area (TPSA) is 20.3 Å². The Labute approximate surface area is 134 Å². The molecule has 1 aromatic carbocycles. The van der Waals surface area contributed by atoms with Gasteiger partial charge in [0.05, 0.1) is 0 Å². The van der Waals surface area contributed by atoms with Crippen molar-refractivity contribution in [3.05, 3.63) is 35.4 Å². The highest BCUT2D eigenvalue weighted by molar-refractivity contribution is 5.82. The lowest BCUT2D eigenvalue weighted by Crippen LogP contribution is -2.45. The van der Waals surface area contributed by atoms with E-state index in [4.69, 9.17) is 0 Å². The van der Waals surface area contributed by atoms with Crippen LogP contribution in [-0.2, 0) is 4.79 Å². The average Bonchev–Trinajstić information content (AvgIpc) is 2.72. The molecule has 2 heteroatoms. The predicted octanol–water partition coefficient (Wildman–Crippen LogP) is 4.03. The summed E-state index contributed by atoms with van der Waals surface area (Å²) in [5.74, 6) is 2.31. The third-order valence-electron chi connectivity index (χ3n) is 6.22. The number of hydrogen-bond donors (Lipinski definition) is 0. The lowest BCUT2D eigenvalue weighted by Gasteiger charge is -2.37. The number of Topliss-reactive ketones (excluding diaryl/α,β-unsaturated/α-hetero) is 1. The normalized spacial score (nSPS) is 35.4. The Morgan fingerprint density at radius 3 is 2.50 bits per heavy atom. The van der Waals surface area contributed by atoms with Gasteiger partial charge in [0.1, 0.15) is 5.78 Å². The van der Waals surface area contributed by atoms with E-state index in [9.17, 15) is 4.79 Å². The molecule has 2 aliphatic heterocycles. The molecule has 0 amide bonds. The molecule has 3 fully saturated rings. The molecule has 5 atom stereocenters. The van der Waals surface area contributed by atoms with Crippen molar-refractivity contribution in [3.8, 4) is 0 Å². The van der Waals surface area contributed by atoms with Crippen LogP contribution in [0.2, 0.25) is 0 Å². The van der Waals surface area contributed by atoms with E-state index in [2.05, 4.69) is 50.1 Å². The third-order valence-corrected chi connectivity index (χ3v) is 6.22. The number of aryl methyl sites for hydroxylation is 1. The monoisotopic (exact) mass is 299 g/mol. The predicted molar refractivity (Wildman–Crippen MR) is 91.0 cm³/mol. The fourth-order valence-electron chi connectivity index (χ4n) is 4.89. The van der Waals surface area contributed by atoms with Crippen LogP contribution in [0.5, 0.6) is 0 Å². The van der Waals surface area contributed by atoms with Gasteiger partial charge in [-0.3, -0.25) is 4.79 Å². The quantitative estimate of drug-likeness (QED) is 0.839. The number of rotatable bonds is 3. The summed E-state index contributed by atoms with van der Waals surface area (Å²) in [5.41, 5.74) is 2.67. The molecule has 0 aromatic heterocycles. The van der Waals surface area contributed by atoms with Gasteiger partial charge in [-0.1, -0.05) is 43.7 Å². The van der Waals surface area contributed by atoms with Crippen LogP contribution in [0.1, 0.15) is 50.2 Å². The molecular formula is C20H29NO. The Morgan fingerprint density at radius 2 is 1.91 bits per heavy atom. The first kappa shape index (κ1) is 15.7. The lowest BCUT2D eigenvalue weighted by atomic mass is 9.72. The lowest BCUT2D eigenvalue weighted by molar-refractivity contribution is -0.125. The molecule has 4 rings (SSSR count). The van der Waals surface area contributed by atoms with Crippen LogP contribution < -0.4 is 0 Å². The van der Waals surface area contributed by atoms with E-state index >= 15 is 0 Å². The number of fused-ring (bicyclic) bond motifs is 4. The molecule has 2 saturated heterocycles. The maximum absolute atomic E-state index is 12.8. The maximum Gasteiger partial charge on any atom is 0.137 e. The van der Waals surface area contributed by atoms with Crippen molar-refractivity contribution in [3.63, 3.8) is 0 Å². The second-order valence-corrected chi connectivity index (χ2v) is 7.49. The largest absolute Gasteiger partial charge is 0.302 e. The molecule has 1 aromatic rings. The van der Waals surface area contributed by atoms with Gasteiger partial charge < -0.3 is 4.90 Å². The minimum Gasteiger partial charge on any atom is -0.302 e. The molecule has 22 heavy (non-hydrogen) atoms. The van der Waals surface area contributed by atoms with E-state index < -0.39 is 0 Å². The Morgan fingerprint density at radius 1 is 1.23 bits per heavy atom. The summed E-state index contributed by atoms with van der Waals surface area (Å²) in [7, 11) is 2.22. The third kappa shape index (κ3) is 2.62. The maximum atomic E-state index is 12.8. The fraction of sp³-hybridized carbons (Fsp3) is 0.650.